The summed E-state index contributed by atoms with van der Waals surface area (Å²) in [5.74, 6) is -2.47. The summed E-state index contributed by atoms with van der Waals surface area (Å²) in [6.45, 7) is -1.87. The van der Waals surface area contributed by atoms with Crippen molar-refractivity contribution in [1.29, 1.82) is 0 Å². The van der Waals surface area contributed by atoms with E-state index in [1.807, 2.05) is 0 Å². The van der Waals surface area contributed by atoms with Crippen molar-refractivity contribution in [3.05, 3.63) is 12.2 Å². The highest BCUT2D eigenvalue weighted by Crippen LogP contribution is 1.91. The quantitative estimate of drug-likeness (QED) is 0.361. The zero-order valence-corrected chi connectivity index (χ0v) is 8.58. The summed E-state index contributed by atoms with van der Waals surface area (Å²) >= 11 is 0. The molecule has 1 amide bonds. The molecule has 3 N–H and O–H groups in total. The standard InChI is InChI=1S/C8H10N2O7/c9-17-8(16)2-1-5(11)10(3-6(12)13)4-7(14)15/h1-2H,3-4H2,9H3,(H-,12,13,14,15)/p-1/b2-1-. The van der Waals surface area contributed by atoms with Crippen LogP contribution in [-0.4, -0.2) is 41.8 Å². The number of rotatable bonds is 6. The topological polar surface area (TPSA) is 155 Å². The van der Waals surface area contributed by atoms with E-state index in [1.54, 1.807) is 0 Å². The van der Waals surface area contributed by atoms with Gasteiger partial charge in [0.25, 0.3) is 0 Å². The Hall–Kier alpha value is -2.42. The van der Waals surface area contributed by atoms with E-state index in [1.165, 1.54) is 0 Å². The molecule has 0 saturated carbocycles. The molecule has 0 atom stereocenters. The van der Waals surface area contributed by atoms with E-state index in [0.29, 0.717) is 17.1 Å². The normalized spacial score (nSPS) is 9.94. The molecular formula is C8H9N2O7-. The van der Waals surface area contributed by atoms with Crippen LogP contribution in [-0.2, 0) is 24.0 Å². The van der Waals surface area contributed by atoms with Gasteiger partial charge in [0, 0.05) is 12.2 Å². The van der Waals surface area contributed by atoms with Crippen LogP contribution < -0.4 is 16.1 Å². The van der Waals surface area contributed by atoms with Crippen molar-refractivity contribution in [2.24, 2.45) is 0 Å². The van der Waals surface area contributed by atoms with E-state index in [2.05, 4.69) is 10.7 Å². The maximum absolute atomic E-state index is 11.3. The Morgan fingerprint density at radius 3 is 1.88 bits per heavy atom. The number of carboxylic acids is 2. The number of hydrogen-bond acceptors (Lipinski definition) is 7. The first kappa shape index (κ1) is 14.6. The molecule has 0 aromatic heterocycles. The Balaban J connectivity index is 4.62. The first-order chi connectivity index (χ1) is 7.86. The number of carbonyl (C=O) groups is 4. The second kappa shape index (κ2) is 6.95. The van der Waals surface area contributed by atoms with Crippen LogP contribution >= 0.6 is 0 Å². The van der Waals surface area contributed by atoms with Crippen molar-refractivity contribution >= 4 is 23.8 Å². The molecule has 94 valence electrons. The van der Waals surface area contributed by atoms with Gasteiger partial charge in [0.05, 0.1) is 25.0 Å². The third kappa shape index (κ3) is 6.62. The van der Waals surface area contributed by atoms with Crippen molar-refractivity contribution in [2.75, 3.05) is 13.1 Å². The fraction of sp³-hybridized carbons (Fsp3) is 0.250. The van der Waals surface area contributed by atoms with Gasteiger partial charge in [0.15, 0.2) is 0 Å². The van der Waals surface area contributed by atoms with Gasteiger partial charge in [-0.1, -0.05) is 0 Å². The fourth-order valence-electron chi connectivity index (χ4n) is 0.816. The van der Waals surface area contributed by atoms with Crippen molar-refractivity contribution in [3.63, 3.8) is 0 Å². The number of carboxylic acid groups (broad SMARTS) is 2. The van der Waals surface area contributed by atoms with E-state index in [9.17, 15) is 29.4 Å². The molecule has 0 rings (SSSR count). The van der Waals surface area contributed by atoms with Crippen molar-refractivity contribution in [3.8, 4) is 0 Å². The number of carbonyl (C=O) groups excluding carboxylic acids is 4. The molecule has 0 unspecified atom stereocenters. The highest BCUT2D eigenvalue weighted by Gasteiger charge is 2.11. The Kier molecular flexibility index (Phi) is 5.96. The van der Waals surface area contributed by atoms with Crippen LogP contribution in [0.5, 0.6) is 0 Å². The average molecular weight is 245 g/mol. The molecular weight excluding hydrogens is 236 g/mol. The first-order valence-electron chi connectivity index (χ1n) is 4.19. The van der Waals surface area contributed by atoms with Gasteiger partial charge in [0.1, 0.15) is 0 Å². The fourth-order valence-corrected chi connectivity index (χ4v) is 0.816. The predicted molar refractivity (Wildman–Crippen MR) is 44.7 cm³/mol. The molecule has 0 aromatic rings. The van der Waals surface area contributed by atoms with Crippen molar-refractivity contribution in [1.82, 2.24) is 4.90 Å². The van der Waals surface area contributed by atoms with Gasteiger partial charge < -0.3 is 24.7 Å². The maximum Gasteiger partial charge on any atom is 0.390 e. The Morgan fingerprint density at radius 1 is 1.06 bits per heavy atom. The highest BCUT2D eigenvalue weighted by atomic mass is 16.7. The number of quaternary nitrogens is 1. The molecule has 0 aliphatic rings. The number of aliphatic carboxylic acids is 2. The van der Waals surface area contributed by atoms with Crippen LogP contribution in [0.3, 0.4) is 0 Å². The van der Waals surface area contributed by atoms with E-state index >= 15 is 0 Å². The third-order valence-corrected chi connectivity index (χ3v) is 1.46. The second-order valence-electron chi connectivity index (χ2n) is 2.74. The molecule has 9 nitrogen and oxygen atoms in total. The van der Waals surface area contributed by atoms with Gasteiger partial charge in [-0.2, -0.15) is 5.90 Å². The predicted octanol–water partition coefficient (Wildman–Crippen LogP) is -5.43. The van der Waals surface area contributed by atoms with Gasteiger partial charge in [-0.25, -0.2) is 4.79 Å². The Bertz CT molecular complexity index is 347. The molecule has 17 heavy (non-hydrogen) atoms. The van der Waals surface area contributed by atoms with E-state index in [4.69, 9.17) is 0 Å². The Morgan fingerprint density at radius 2 is 1.53 bits per heavy atom. The minimum Gasteiger partial charge on any atom is -0.548 e. The van der Waals surface area contributed by atoms with Gasteiger partial charge in [0.2, 0.25) is 5.91 Å². The lowest BCUT2D eigenvalue weighted by atomic mass is 10.4. The lowest BCUT2D eigenvalue weighted by Gasteiger charge is -2.21. The van der Waals surface area contributed by atoms with Crippen molar-refractivity contribution < 1.29 is 40.1 Å². The summed E-state index contributed by atoms with van der Waals surface area (Å²) in [5.41, 5.74) is 0. The second-order valence-corrected chi connectivity index (χ2v) is 2.74. The van der Waals surface area contributed by atoms with Crippen molar-refractivity contribution in [2.45, 2.75) is 0 Å². The average Bonchev–Trinajstić information content (AvgIpc) is 2.23. The highest BCUT2D eigenvalue weighted by molar-refractivity contribution is 5.96. The molecule has 0 aliphatic heterocycles. The van der Waals surface area contributed by atoms with E-state index in [0.717, 1.165) is 0 Å². The third-order valence-electron chi connectivity index (χ3n) is 1.46. The SMILES string of the molecule is [NH3+]OC(=O)/C=C\C(=O)N(CC(=O)[O-])CC(=O)[O-]. The van der Waals surface area contributed by atoms with Crippen LogP contribution in [0.4, 0.5) is 0 Å². The smallest absolute Gasteiger partial charge is 0.390 e. The minimum absolute atomic E-state index is 0.414. The summed E-state index contributed by atoms with van der Waals surface area (Å²) in [6.07, 6.45) is 1.33. The lowest BCUT2D eigenvalue weighted by Crippen LogP contribution is -2.50. The summed E-state index contributed by atoms with van der Waals surface area (Å²) in [7, 11) is 0. The summed E-state index contributed by atoms with van der Waals surface area (Å²) in [5, 5.41) is 20.5. The van der Waals surface area contributed by atoms with Gasteiger partial charge in [-0.15, -0.1) is 0 Å². The zero-order valence-electron chi connectivity index (χ0n) is 8.58. The van der Waals surface area contributed by atoms with Gasteiger partial charge >= 0.3 is 5.97 Å². The molecule has 0 radical (unpaired) electrons. The van der Waals surface area contributed by atoms with Gasteiger partial charge in [-0.3, -0.25) is 9.63 Å². The molecule has 0 aromatic carbocycles. The Labute approximate surface area is 95.0 Å². The van der Waals surface area contributed by atoms with E-state index in [-0.39, 0.29) is 0 Å². The van der Waals surface area contributed by atoms with Crippen LogP contribution in [0.25, 0.3) is 0 Å². The van der Waals surface area contributed by atoms with Crippen LogP contribution in [0.1, 0.15) is 0 Å². The summed E-state index contributed by atoms with van der Waals surface area (Å²) < 4.78 is 0. The largest absolute Gasteiger partial charge is 0.548 e. The lowest BCUT2D eigenvalue weighted by molar-refractivity contribution is -0.655. The van der Waals surface area contributed by atoms with Gasteiger partial charge in [-0.05, 0) is 0 Å². The maximum atomic E-state index is 11.3. The molecule has 0 saturated heterocycles. The monoisotopic (exact) mass is 245 g/mol. The molecule has 0 heterocycles. The molecule has 0 fully saturated rings. The van der Waals surface area contributed by atoms with Crippen LogP contribution in [0.2, 0.25) is 0 Å². The molecule has 9 heteroatoms. The number of amides is 1. The van der Waals surface area contributed by atoms with Crippen LogP contribution in [0.15, 0.2) is 12.2 Å². The molecule has 0 aliphatic carbocycles. The zero-order chi connectivity index (χ0) is 13.4. The first-order valence-corrected chi connectivity index (χ1v) is 4.19. The van der Waals surface area contributed by atoms with Crippen LogP contribution in [0, 0.1) is 0 Å². The summed E-state index contributed by atoms with van der Waals surface area (Å²) in [4.78, 5) is 46.7. The molecule has 0 bridgehead atoms. The molecule has 0 spiro atoms. The summed E-state index contributed by atoms with van der Waals surface area (Å²) in [6, 6.07) is 0. The van der Waals surface area contributed by atoms with E-state index < -0.39 is 36.9 Å². The number of nitrogens with zero attached hydrogens (tertiary/aromatic N) is 1. The minimum atomic E-state index is -1.65. The number of hydrogen-bond donors (Lipinski definition) is 1.